The molecule has 1 aliphatic heterocycles. The van der Waals surface area contributed by atoms with Gasteiger partial charge in [0, 0.05) is 44.6 Å². The predicted molar refractivity (Wildman–Crippen MR) is 133 cm³/mol. The lowest BCUT2D eigenvalue weighted by Crippen LogP contribution is -2.39. The van der Waals surface area contributed by atoms with Gasteiger partial charge in [-0.05, 0) is 35.7 Å². The molecule has 0 saturated carbocycles. The molecule has 1 amide bonds. The van der Waals surface area contributed by atoms with Gasteiger partial charge in [0.05, 0.1) is 28.8 Å². The lowest BCUT2D eigenvalue weighted by atomic mass is 10.0. The van der Waals surface area contributed by atoms with E-state index in [0.717, 1.165) is 45.7 Å². The molecule has 1 fully saturated rings. The van der Waals surface area contributed by atoms with Crippen LogP contribution in [0.4, 0.5) is 0 Å². The summed E-state index contributed by atoms with van der Waals surface area (Å²) in [7, 11) is 1.84. The van der Waals surface area contributed by atoms with Crippen LogP contribution in [0.3, 0.4) is 0 Å². The Hall–Kier alpha value is -3.27. The van der Waals surface area contributed by atoms with E-state index in [-0.39, 0.29) is 29.3 Å². The number of hydrogen-bond acceptors (Lipinski definition) is 6. The van der Waals surface area contributed by atoms with Crippen LogP contribution in [0, 0.1) is 0 Å². The van der Waals surface area contributed by atoms with E-state index < -0.39 is 0 Å². The zero-order valence-corrected chi connectivity index (χ0v) is 19.7. The van der Waals surface area contributed by atoms with Crippen molar-refractivity contribution >= 4 is 27.5 Å². The third kappa shape index (κ3) is 4.82. The van der Waals surface area contributed by atoms with E-state index in [1.54, 1.807) is 17.3 Å². The molecule has 0 aliphatic carbocycles. The highest BCUT2D eigenvalue weighted by atomic mass is 32.1. The maximum atomic E-state index is 13.4. The van der Waals surface area contributed by atoms with Crippen molar-refractivity contribution in [1.29, 1.82) is 0 Å². The summed E-state index contributed by atoms with van der Waals surface area (Å²) in [6.07, 6.45) is 4.17. The number of carbonyl (C=O) groups is 1. The molecule has 9 heteroatoms. The molecule has 0 bridgehead atoms. The topological polar surface area (TPSA) is 105 Å². The standard InChI is InChI=1S/C25H27N5O3S/c1-29(23(32)12-16-5-6-22-20(11-16)28-25(33)34-22)21(15-30-10-7-19(31)14-30)17-3-2-4-18(13-17)24-26-8-9-27-24/h2-6,8-9,11,13,19,21,31H,7,10,12,14-15H2,1H3,(H,26,27)(H,28,33)/t19-,21?/m0/s1. The molecule has 5 rings (SSSR count). The Morgan fingerprint density at radius 2 is 2.21 bits per heavy atom. The van der Waals surface area contributed by atoms with Gasteiger partial charge in [-0.2, -0.15) is 0 Å². The number of imidazole rings is 1. The summed E-state index contributed by atoms with van der Waals surface area (Å²) in [5.41, 5.74) is 3.60. The second-order valence-electron chi connectivity index (χ2n) is 8.81. The average molecular weight is 478 g/mol. The fourth-order valence-electron chi connectivity index (χ4n) is 4.57. The zero-order chi connectivity index (χ0) is 23.7. The van der Waals surface area contributed by atoms with Crippen molar-refractivity contribution in [3.63, 3.8) is 0 Å². The number of carbonyl (C=O) groups excluding carboxylic acids is 1. The highest BCUT2D eigenvalue weighted by Crippen LogP contribution is 2.27. The van der Waals surface area contributed by atoms with E-state index in [1.807, 2.05) is 43.4 Å². The molecule has 1 aliphatic rings. The van der Waals surface area contributed by atoms with Gasteiger partial charge in [0.1, 0.15) is 5.82 Å². The summed E-state index contributed by atoms with van der Waals surface area (Å²) in [5, 5.41) is 10.0. The van der Waals surface area contributed by atoms with Gasteiger partial charge in [0.2, 0.25) is 5.91 Å². The molecule has 2 aromatic carbocycles. The first kappa shape index (κ1) is 22.5. The summed E-state index contributed by atoms with van der Waals surface area (Å²) in [5.74, 6) is 0.773. The summed E-state index contributed by atoms with van der Waals surface area (Å²) in [6, 6.07) is 13.6. The number of benzene rings is 2. The average Bonchev–Trinajstić information content (AvgIpc) is 3.57. The molecule has 176 valence electrons. The van der Waals surface area contributed by atoms with Gasteiger partial charge >= 0.3 is 4.87 Å². The van der Waals surface area contributed by atoms with Gasteiger partial charge in [-0.3, -0.25) is 14.5 Å². The van der Waals surface area contributed by atoms with Crippen LogP contribution in [-0.2, 0) is 11.2 Å². The number of aromatic nitrogens is 3. The highest BCUT2D eigenvalue weighted by Gasteiger charge is 2.28. The molecule has 1 unspecified atom stereocenters. The SMILES string of the molecule is CN(C(=O)Cc1ccc2sc(=O)[nH]c2c1)C(CN1CC[C@H](O)C1)c1cccc(-c2ncc[nH]2)c1. The van der Waals surface area contributed by atoms with Crippen LogP contribution < -0.4 is 4.87 Å². The van der Waals surface area contributed by atoms with Crippen molar-refractivity contribution in [3.05, 3.63) is 75.7 Å². The Balaban J connectivity index is 1.41. The number of thiazole rings is 1. The molecule has 2 aromatic heterocycles. The molecule has 3 heterocycles. The van der Waals surface area contributed by atoms with Crippen molar-refractivity contribution < 1.29 is 9.90 Å². The smallest absolute Gasteiger partial charge is 0.305 e. The lowest BCUT2D eigenvalue weighted by Gasteiger charge is -2.32. The summed E-state index contributed by atoms with van der Waals surface area (Å²) >= 11 is 1.17. The Kier molecular flexibility index (Phi) is 6.32. The fourth-order valence-corrected chi connectivity index (χ4v) is 5.29. The number of amides is 1. The van der Waals surface area contributed by atoms with E-state index >= 15 is 0 Å². The van der Waals surface area contributed by atoms with Crippen molar-refractivity contribution in [2.75, 3.05) is 26.7 Å². The van der Waals surface area contributed by atoms with Gasteiger partial charge in [0.15, 0.2) is 0 Å². The minimum absolute atomic E-state index is 0.00919. The van der Waals surface area contributed by atoms with Crippen LogP contribution >= 0.6 is 11.3 Å². The normalized spacial score (nSPS) is 17.3. The zero-order valence-electron chi connectivity index (χ0n) is 18.9. The summed E-state index contributed by atoms with van der Waals surface area (Å²) < 4.78 is 0.884. The Bertz CT molecular complexity index is 1350. The van der Waals surface area contributed by atoms with E-state index in [0.29, 0.717) is 13.1 Å². The first-order chi connectivity index (χ1) is 16.5. The molecule has 1 saturated heterocycles. The molecule has 4 aromatic rings. The van der Waals surface area contributed by atoms with Crippen LogP contribution in [-0.4, -0.2) is 68.6 Å². The number of rotatable bonds is 7. The van der Waals surface area contributed by atoms with Crippen molar-refractivity contribution in [2.45, 2.75) is 25.0 Å². The fraction of sp³-hybridized carbons (Fsp3) is 0.320. The lowest BCUT2D eigenvalue weighted by molar-refractivity contribution is -0.131. The number of H-pyrrole nitrogens is 2. The van der Waals surface area contributed by atoms with E-state index in [4.69, 9.17) is 0 Å². The van der Waals surface area contributed by atoms with E-state index in [2.05, 4.69) is 25.9 Å². The second-order valence-corrected chi connectivity index (χ2v) is 9.82. The minimum atomic E-state index is -0.324. The number of hydrogen-bond donors (Lipinski definition) is 3. The molecular weight excluding hydrogens is 450 g/mol. The summed E-state index contributed by atoms with van der Waals surface area (Å²) in [6.45, 7) is 2.05. The van der Waals surface area contributed by atoms with Crippen molar-refractivity contribution in [2.24, 2.45) is 0 Å². The van der Waals surface area contributed by atoms with Crippen LogP contribution in [0.25, 0.3) is 21.6 Å². The number of fused-ring (bicyclic) bond motifs is 1. The summed E-state index contributed by atoms with van der Waals surface area (Å²) in [4.78, 5) is 39.3. The molecular formula is C25H27N5O3S. The Morgan fingerprint density at radius 3 is 2.97 bits per heavy atom. The van der Waals surface area contributed by atoms with Crippen molar-refractivity contribution in [1.82, 2.24) is 24.8 Å². The monoisotopic (exact) mass is 477 g/mol. The Morgan fingerprint density at radius 1 is 1.32 bits per heavy atom. The molecule has 34 heavy (non-hydrogen) atoms. The number of β-amino-alcohol motifs (C(OH)–C–C–N with tert-alkyl or cyclic N) is 1. The van der Waals surface area contributed by atoms with Gasteiger partial charge in [-0.15, -0.1) is 0 Å². The minimum Gasteiger partial charge on any atom is -0.392 e. The maximum absolute atomic E-state index is 13.4. The third-order valence-corrected chi connectivity index (χ3v) is 7.28. The van der Waals surface area contributed by atoms with Gasteiger partial charge < -0.3 is 20.0 Å². The highest BCUT2D eigenvalue weighted by molar-refractivity contribution is 7.16. The number of nitrogens with zero attached hydrogens (tertiary/aromatic N) is 3. The molecule has 0 spiro atoms. The number of nitrogens with one attached hydrogen (secondary N) is 2. The van der Waals surface area contributed by atoms with Crippen LogP contribution in [0.5, 0.6) is 0 Å². The molecule has 0 radical (unpaired) electrons. The van der Waals surface area contributed by atoms with Crippen molar-refractivity contribution in [3.8, 4) is 11.4 Å². The Labute approximate surface area is 200 Å². The molecule has 8 nitrogen and oxygen atoms in total. The molecule has 2 atom stereocenters. The number of likely N-dealkylation sites (tertiary alicyclic amines) is 1. The predicted octanol–water partition coefficient (Wildman–Crippen LogP) is 2.79. The first-order valence-electron chi connectivity index (χ1n) is 11.3. The quantitative estimate of drug-likeness (QED) is 0.380. The van der Waals surface area contributed by atoms with Crippen LogP contribution in [0.1, 0.15) is 23.6 Å². The largest absolute Gasteiger partial charge is 0.392 e. The first-order valence-corrected chi connectivity index (χ1v) is 12.2. The van der Waals surface area contributed by atoms with Crippen LogP contribution in [0.2, 0.25) is 0 Å². The number of aliphatic hydroxyl groups excluding tert-OH is 1. The van der Waals surface area contributed by atoms with E-state index in [1.165, 1.54) is 11.3 Å². The maximum Gasteiger partial charge on any atom is 0.305 e. The number of aliphatic hydroxyl groups is 1. The van der Waals surface area contributed by atoms with Crippen LogP contribution in [0.15, 0.2) is 59.7 Å². The van der Waals surface area contributed by atoms with Gasteiger partial charge in [0.25, 0.3) is 0 Å². The third-order valence-electron chi connectivity index (χ3n) is 6.42. The van der Waals surface area contributed by atoms with E-state index in [9.17, 15) is 14.7 Å². The second kappa shape index (κ2) is 9.54. The number of aromatic amines is 2. The van der Waals surface area contributed by atoms with Gasteiger partial charge in [-0.1, -0.05) is 35.6 Å². The number of likely N-dealkylation sites (N-methyl/N-ethyl adjacent to an activating group) is 1. The molecule has 3 N–H and O–H groups in total. The van der Waals surface area contributed by atoms with Gasteiger partial charge in [-0.25, -0.2) is 4.98 Å².